The van der Waals surface area contributed by atoms with Crippen molar-refractivity contribution in [3.63, 3.8) is 0 Å². The van der Waals surface area contributed by atoms with Crippen LogP contribution in [0.2, 0.25) is 0 Å². The van der Waals surface area contributed by atoms with Crippen LogP contribution in [0.15, 0.2) is 72.8 Å². The molecule has 2 aliphatic rings. The van der Waals surface area contributed by atoms with E-state index in [1.807, 2.05) is 66.7 Å². The van der Waals surface area contributed by atoms with E-state index in [4.69, 9.17) is 9.47 Å². The van der Waals surface area contributed by atoms with Gasteiger partial charge >= 0.3 is 0 Å². The number of amides is 1. The van der Waals surface area contributed by atoms with Crippen LogP contribution >= 0.6 is 0 Å². The topological polar surface area (TPSA) is 109 Å². The molecule has 42 heavy (non-hydrogen) atoms. The van der Waals surface area contributed by atoms with Gasteiger partial charge in [-0.1, -0.05) is 48.5 Å². The van der Waals surface area contributed by atoms with Crippen LogP contribution in [-0.4, -0.2) is 52.7 Å². The second kappa shape index (κ2) is 11.9. The number of ether oxygens (including phenoxy) is 2. The van der Waals surface area contributed by atoms with Gasteiger partial charge in [-0.3, -0.25) is 14.5 Å². The van der Waals surface area contributed by atoms with Crippen molar-refractivity contribution < 1.29 is 23.5 Å². The van der Waals surface area contributed by atoms with Crippen molar-refractivity contribution >= 4 is 11.7 Å². The molecule has 1 fully saturated rings. The Bertz CT molecular complexity index is 1660. The summed E-state index contributed by atoms with van der Waals surface area (Å²) in [6.45, 7) is 3.27. The highest BCUT2D eigenvalue weighted by Crippen LogP contribution is 2.43. The first-order valence-electron chi connectivity index (χ1n) is 13.7. The largest absolute Gasteiger partial charge is 0.488 e. The SMILES string of the molecule is N#CC(C(=O)NCc1ccccc1)C(=O)c1nn(-c2ccccc2)c2c1COc1c(CN3CCOCC3)cc(F)cc1-2. The molecule has 0 bridgehead atoms. The number of halogens is 1. The molecule has 212 valence electrons. The summed E-state index contributed by atoms with van der Waals surface area (Å²) < 4.78 is 28.3. The molecule has 4 aromatic rings. The lowest BCUT2D eigenvalue weighted by Gasteiger charge is -2.29. The molecule has 1 amide bonds. The number of fused-ring (bicyclic) bond motifs is 3. The van der Waals surface area contributed by atoms with Crippen LogP contribution in [0.25, 0.3) is 16.9 Å². The Morgan fingerprint density at radius 3 is 2.48 bits per heavy atom. The van der Waals surface area contributed by atoms with E-state index in [1.54, 1.807) is 4.68 Å². The van der Waals surface area contributed by atoms with Crippen molar-refractivity contribution in [1.29, 1.82) is 5.26 Å². The van der Waals surface area contributed by atoms with E-state index in [2.05, 4.69) is 15.3 Å². The van der Waals surface area contributed by atoms with Gasteiger partial charge in [0.25, 0.3) is 0 Å². The van der Waals surface area contributed by atoms with Crippen molar-refractivity contribution in [3.05, 3.63) is 101 Å². The molecular formula is C32H28FN5O4. The van der Waals surface area contributed by atoms with Gasteiger partial charge in [-0.15, -0.1) is 0 Å². The molecule has 3 heterocycles. The van der Waals surface area contributed by atoms with E-state index >= 15 is 4.39 Å². The molecule has 1 atom stereocenters. The van der Waals surface area contributed by atoms with Crippen molar-refractivity contribution in [2.24, 2.45) is 5.92 Å². The molecule has 1 saturated heterocycles. The van der Waals surface area contributed by atoms with Crippen LogP contribution in [0.4, 0.5) is 4.39 Å². The number of Topliss-reactive ketones (excluding diaryl/α,β-unsaturated/α-hetero) is 1. The average Bonchev–Trinajstić information content (AvgIpc) is 3.42. The fraction of sp³-hybridized carbons (Fsp3) is 0.250. The van der Waals surface area contributed by atoms with Crippen molar-refractivity contribution in [2.75, 3.05) is 26.3 Å². The van der Waals surface area contributed by atoms with Gasteiger partial charge in [-0.2, -0.15) is 10.4 Å². The Hall–Kier alpha value is -4.85. The first-order chi connectivity index (χ1) is 20.5. The first-order valence-corrected chi connectivity index (χ1v) is 13.7. The third-order valence-electron chi connectivity index (χ3n) is 7.42. The Kier molecular flexibility index (Phi) is 7.77. The number of rotatable bonds is 8. The van der Waals surface area contributed by atoms with E-state index < -0.39 is 23.4 Å². The normalized spacial score (nSPS) is 15.0. The van der Waals surface area contributed by atoms with Crippen LogP contribution < -0.4 is 10.1 Å². The number of morpholine rings is 1. The molecule has 0 radical (unpaired) electrons. The number of carbonyl (C=O) groups excluding carboxylic acids is 2. The molecule has 0 spiro atoms. The van der Waals surface area contributed by atoms with E-state index in [0.29, 0.717) is 53.6 Å². The monoisotopic (exact) mass is 565 g/mol. The third kappa shape index (κ3) is 5.40. The van der Waals surface area contributed by atoms with Gasteiger partial charge in [-0.05, 0) is 29.8 Å². The predicted molar refractivity (Wildman–Crippen MR) is 151 cm³/mol. The summed E-state index contributed by atoms with van der Waals surface area (Å²) in [5, 5.41) is 17.2. The van der Waals surface area contributed by atoms with Crippen LogP contribution in [0.3, 0.4) is 0 Å². The van der Waals surface area contributed by atoms with E-state index in [1.165, 1.54) is 12.1 Å². The van der Waals surface area contributed by atoms with Crippen molar-refractivity contribution in [1.82, 2.24) is 20.0 Å². The Morgan fingerprint density at radius 2 is 1.76 bits per heavy atom. The highest BCUT2D eigenvalue weighted by molar-refractivity contribution is 6.12. The molecule has 10 heteroatoms. The standard InChI is InChI=1S/C32H28FN5O4/c33-23-15-22(19-37-11-13-41-14-12-37)31-25(16-23)29-27(20-42-31)28(36-38(29)24-9-5-2-6-10-24)30(39)26(17-34)32(40)35-18-21-7-3-1-4-8-21/h1-10,15-16,26H,11-14,18-20H2,(H,35,40). The first kappa shape index (κ1) is 27.3. The molecular weight excluding hydrogens is 537 g/mol. The molecule has 9 nitrogen and oxygen atoms in total. The fourth-order valence-electron chi connectivity index (χ4n) is 5.34. The zero-order valence-electron chi connectivity index (χ0n) is 22.8. The summed E-state index contributed by atoms with van der Waals surface area (Å²) in [5.41, 5.74) is 3.45. The molecule has 0 aliphatic carbocycles. The summed E-state index contributed by atoms with van der Waals surface area (Å²) in [4.78, 5) is 28.9. The smallest absolute Gasteiger partial charge is 0.245 e. The second-order valence-corrected chi connectivity index (χ2v) is 10.2. The Morgan fingerprint density at radius 1 is 1.05 bits per heavy atom. The molecule has 1 N–H and O–H groups in total. The zero-order chi connectivity index (χ0) is 29.1. The molecule has 1 aromatic heterocycles. The predicted octanol–water partition coefficient (Wildman–Crippen LogP) is 4.04. The fourth-order valence-corrected chi connectivity index (χ4v) is 5.34. The van der Waals surface area contributed by atoms with Gasteiger partial charge in [-0.25, -0.2) is 9.07 Å². The minimum absolute atomic E-state index is 0.0260. The number of hydrogen-bond donors (Lipinski definition) is 1. The van der Waals surface area contributed by atoms with Crippen LogP contribution in [0, 0.1) is 23.1 Å². The Balaban J connectivity index is 1.39. The van der Waals surface area contributed by atoms with Gasteiger partial charge in [0.05, 0.1) is 30.7 Å². The maximum Gasteiger partial charge on any atom is 0.245 e. The quantitative estimate of drug-likeness (QED) is 0.254. The van der Waals surface area contributed by atoms with Gasteiger partial charge in [0.1, 0.15) is 23.9 Å². The van der Waals surface area contributed by atoms with Gasteiger partial charge < -0.3 is 14.8 Å². The number of benzene rings is 3. The van der Waals surface area contributed by atoms with E-state index in [-0.39, 0.29) is 18.8 Å². The third-order valence-corrected chi connectivity index (χ3v) is 7.42. The number of nitrogens with one attached hydrogen (secondary N) is 1. The second-order valence-electron chi connectivity index (χ2n) is 10.2. The maximum absolute atomic E-state index is 15.1. The van der Waals surface area contributed by atoms with E-state index in [9.17, 15) is 14.9 Å². The number of carbonyl (C=O) groups is 2. The number of nitriles is 1. The molecule has 1 unspecified atom stereocenters. The Labute approximate surface area is 242 Å². The summed E-state index contributed by atoms with van der Waals surface area (Å²) >= 11 is 0. The molecule has 3 aromatic carbocycles. The maximum atomic E-state index is 15.1. The van der Waals surface area contributed by atoms with Gasteiger partial charge in [0, 0.05) is 42.9 Å². The summed E-state index contributed by atoms with van der Waals surface area (Å²) in [5.74, 6) is -3.01. The number of nitrogens with zero attached hydrogens (tertiary/aromatic N) is 4. The lowest BCUT2D eigenvalue weighted by Crippen LogP contribution is -2.36. The van der Waals surface area contributed by atoms with Crippen LogP contribution in [0.1, 0.15) is 27.2 Å². The summed E-state index contributed by atoms with van der Waals surface area (Å²) in [7, 11) is 0. The number of hydrogen-bond acceptors (Lipinski definition) is 7. The molecule has 0 saturated carbocycles. The van der Waals surface area contributed by atoms with Crippen molar-refractivity contribution in [2.45, 2.75) is 19.7 Å². The number of aromatic nitrogens is 2. The highest BCUT2D eigenvalue weighted by atomic mass is 19.1. The minimum Gasteiger partial charge on any atom is -0.488 e. The lowest BCUT2D eigenvalue weighted by molar-refractivity contribution is -0.122. The summed E-state index contributed by atoms with van der Waals surface area (Å²) in [6.07, 6.45) is 0. The van der Waals surface area contributed by atoms with Gasteiger partial charge in [0.15, 0.2) is 5.92 Å². The molecule has 2 aliphatic heterocycles. The van der Waals surface area contributed by atoms with Crippen LogP contribution in [-0.2, 0) is 29.2 Å². The minimum atomic E-state index is -1.62. The zero-order valence-corrected chi connectivity index (χ0v) is 22.8. The summed E-state index contributed by atoms with van der Waals surface area (Å²) in [6, 6.07) is 23.0. The number of para-hydroxylation sites is 1. The van der Waals surface area contributed by atoms with Crippen LogP contribution in [0.5, 0.6) is 5.75 Å². The van der Waals surface area contributed by atoms with Gasteiger partial charge in [0.2, 0.25) is 11.7 Å². The highest BCUT2D eigenvalue weighted by Gasteiger charge is 2.37. The average molecular weight is 566 g/mol. The number of ketones is 1. The lowest BCUT2D eigenvalue weighted by atomic mass is 9.94. The van der Waals surface area contributed by atoms with E-state index in [0.717, 1.165) is 18.7 Å². The molecule has 6 rings (SSSR count). The van der Waals surface area contributed by atoms with Crippen molar-refractivity contribution in [3.8, 4) is 28.8 Å².